The third kappa shape index (κ3) is 3.88. The Labute approximate surface area is 130 Å². The number of benzene rings is 2. The Morgan fingerprint density at radius 1 is 0.773 bits per heavy atom. The van der Waals surface area contributed by atoms with Gasteiger partial charge in [-0.25, -0.2) is 0 Å². The molecule has 0 amide bonds. The third-order valence-corrected chi connectivity index (χ3v) is 3.25. The summed E-state index contributed by atoms with van der Waals surface area (Å²) in [6.45, 7) is 1.50. The van der Waals surface area contributed by atoms with Crippen LogP contribution in [0.1, 0.15) is 0 Å². The van der Waals surface area contributed by atoms with Crippen molar-refractivity contribution in [3.63, 3.8) is 0 Å². The lowest BCUT2D eigenvalue weighted by molar-refractivity contribution is 0.417. The molecular weight excluding hydrogens is 280 g/mol. The third-order valence-electron chi connectivity index (χ3n) is 3.25. The number of nitrogens with two attached hydrogens (primary N) is 2. The van der Waals surface area contributed by atoms with Gasteiger partial charge in [0.1, 0.15) is 11.5 Å². The topological polar surface area (TPSA) is 94.6 Å². The summed E-state index contributed by atoms with van der Waals surface area (Å²) in [6.07, 6.45) is 0. The van der Waals surface area contributed by atoms with E-state index in [1.54, 1.807) is 14.2 Å². The van der Waals surface area contributed by atoms with Gasteiger partial charge >= 0.3 is 0 Å². The number of hydrogen-bond acceptors (Lipinski definition) is 6. The molecule has 2 aromatic rings. The Bertz CT molecular complexity index is 576. The maximum Gasteiger partial charge on any atom is 0.143 e. The minimum absolute atomic E-state index is 0.625. The zero-order valence-electron chi connectivity index (χ0n) is 12.8. The second kappa shape index (κ2) is 7.31. The Kier molecular flexibility index (Phi) is 5.19. The molecular formula is C16H22N4O2. The first kappa shape index (κ1) is 15.6. The molecule has 0 saturated heterocycles. The van der Waals surface area contributed by atoms with Crippen molar-refractivity contribution in [2.24, 2.45) is 0 Å². The van der Waals surface area contributed by atoms with Gasteiger partial charge in [0.15, 0.2) is 0 Å². The van der Waals surface area contributed by atoms with Crippen molar-refractivity contribution < 1.29 is 9.47 Å². The van der Waals surface area contributed by atoms with E-state index >= 15 is 0 Å². The monoisotopic (exact) mass is 302 g/mol. The molecule has 22 heavy (non-hydrogen) atoms. The van der Waals surface area contributed by atoms with E-state index in [0.29, 0.717) is 22.9 Å². The molecule has 0 atom stereocenters. The lowest BCUT2D eigenvalue weighted by atomic mass is 10.2. The Balaban J connectivity index is 1.84. The average molecular weight is 302 g/mol. The second-order valence-corrected chi connectivity index (χ2v) is 4.77. The lowest BCUT2D eigenvalue weighted by Gasteiger charge is -2.12. The van der Waals surface area contributed by atoms with Crippen molar-refractivity contribution in [1.82, 2.24) is 0 Å². The molecule has 0 aliphatic rings. The van der Waals surface area contributed by atoms with Crippen molar-refractivity contribution in [3.8, 4) is 11.5 Å². The standard InChI is InChI=1S/C16H22N4O2/c1-21-15-9-11(3-5-13(15)17)19-7-8-20-12-4-6-14(18)16(10-12)22-2/h3-6,9-10,19-20H,7-8,17-18H2,1-2H3. The van der Waals surface area contributed by atoms with Gasteiger partial charge in [-0.2, -0.15) is 0 Å². The van der Waals surface area contributed by atoms with Crippen LogP contribution in [0.2, 0.25) is 0 Å². The minimum atomic E-state index is 0.625. The quantitative estimate of drug-likeness (QED) is 0.463. The van der Waals surface area contributed by atoms with Crippen LogP contribution in [0.3, 0.4) is 0 Å². The summed E-state index contributed by atoms with van der Waals surface area (Å²) in [6, 6.07) is 11.2. The molecule has 2 aromatic carbocycles. The van der Waals surface area contributed by atoms with Gasteiger partial charge in [0.25, 0.3) is 0 Å². The maximum absolute atomic E-state index is 5.78. The van der Waals surface area contributed by atoms with Gasteiger partial charge in [-0.05, 0) is 24.3 Å². The number of methoxy groups -OCH3 is 2. The molecule has 0 aliphatic carbocycles. The number of rotatable bonds is 7. The molecule has 0 aliphatic heterocycles. The highest BCUT2D eigenvalue weighted by Gasteiger charge is 2.02. The van der Waals surface area contributed by atoms with E-state index in [0.717, 1.165) is 24.5 Å². The van der Waals surface area contributed by atoms with Crippen molar-refractivity contribution in [2.45, 2.75) is 0 Å². The second-order valence-electron chi connectivity index (χ2n) is 4.77. The maximum atomic E-state index is 5.78. The predicted octanol–water partition coefficient (Wildman–Crippen LogP) is 2.39. The Morgan fingerprint density at radius 3 is 1.55 bits per heavy atom. The van der Waals surface area contributed by atoms with Crippen molar-refractivity contribution in [1.29, 1.82) is 0 Å². The molecule has 0 unspecified atom stereocenters. The molecule has 0 saturated carbocycles. The molecule has 6 nitrogen and oxygen atoms in total. The van der Waals surface area contributed by atoms with Crippen molar-refractivity contribution in [3.05, 3.63) is 36.4 Å². The van der Waals surface area contributed by atoms with Crippen LogP contribution in [0.15, 0.2) is 36.4 Å². The van der Waals surface area contributed by atoms with Gasteiger partial charge in [-0.1, -0.05) is 0 Å². The molecule has 6 heteroatoms. The van der Waals surface area contributed by atoms with Crippen LogP contribution < -0.4 is 31.6 Å². The smallest absolute Gasteiger partial charge is 0.143 e. The van der Waals surface area contributed by atoms with Crippen LogP contribution >= 0.6 is 0 Å². The normalized spacial score (nSPS) is 10.1. The van der Waals surface area contributed by atoms with E-state index in [1.165, 1.54) is 0 Å². The fourth-order valence-electron chi connectivity index (χ4n) is 2.06. The van der Waals surface area contributed by atoms with E-state index in [2.05, 4.69) is 10.6 Å². The molecule has 6 N–H and O–H groups in total. The van der Waals surface area contributed by atoms with Crippen LogP contribution in [0.5, 0.6) is 11.5 Å². The number of nitrogen functional groups attached to an aromatic ring is 2. The molecule has 2 rings (SSSR count). The summed E-state index contributed by atoms with van der Waals surface area (Å²) in [5, 5.41) is 6.61. The zero-order chi connectivity index (χ0) is 15.9. The molecule has 0 spiro atoms. The molecule has 0 heterocycles. The van der Waals surface area contributed by atoms with E-state index in [4.69, 9.17) is 20.9 Å². The number of nitrogens with one attached hydrogen (secondary N) is 2. The van der Waals surface area contributed by atoms with Crippen LogP contribution in [0.4, 0.5) is 22.7 Å². The largest absolute Gasteiger partial charge is 0.495 e. The average Bonchev–Trinajstić information content (AvgIpc) is 2.54. The van der Waals surface area contributed by atoms with Crippen molar-refractivity contribution >= 4 is 22.7 Å². The summed E-state index contributed by atoms with van der Waals surface area (Å²) >= 11 is 0. The highest BCUT2D eigenvalue weighted by molar-refractivity contribution is 5.62. The fourth-order valence-corrected chi connectivity index (χ4v) is 2.06. The van der Waals surface area contributed by atoms with Crippen LogP contribution in [-0.2, 0) is 0 Å². The fraction of sp³-hybridized carbons (Fsp3) is 0.250. The van der Waals surface area contributed by atoms with Gasteiger partial charge in [-0.15, -0.1) is 0 Å². The first-order valence-corrected chi connectivity index (χ1v) is 6.99. The highest BCUT2D eigenvalue weighted by Crippen LogP contribution is 2.25. The Morgan fingerprint density at radius 2 is 1.18 bits per heavy atom. The van der Waals surface area contributed by atoms with Gasteiger partial charge < -0.3 is 31.6 Å². The van der Waals surface area contributed by atoms with E-state index in [-0.39, 0.29) is 0 Å². The summed E-state index contributed by atoms with van der Waals surface area (Å²) < 4.78 is 10.4. The van der Waals surface area contributed by atoms with E-state index in [1.807, 2.05) is 36.4 Å². The van der Waals surface area contributed by atoms with Crippen molar-refractivity contribution in [2.75, 3.05) is 49.4 Å². The number of anilines is 4. The summed E-state index contributed by atoms with van der Waals surface area (Å²) in [5.74, 6) is 1.34. The van der Waals surface area contributed by atoms with E-state index in [9.17, 15) is 0 Å². The Hall–Kier alpha value is -2.76. The molecule has 0 radical (unpaired) electrons. The lowest BCUT2D eigenvalue weighted by Crippen LogP contribution is -2.13. The van der Waals surface area contributed by atoms with Crippen LogP contribution in [-0.4, -0.2) is 27.3 Å². The molecule has 0 fully saturated rings. The minimum Gasteiger partial charge on any atom is -0.495 e. The SMILES string of the molecule is COc1cc(NCCNc2ccc(N)c(OC)c2)ccc1N. The first-order chi connectivity index (χ1) is 10.6. The first-order valence-electron chi connectivity index (χ1n) is 6.99. The summed E-state index contributed by atoms with van der Waals surface area (Å²) in [5.41, 5.74) is 14.7. The predicted molar refractivity (Wildman–Crippen MR) is 91.8 cm³/mol. The van der Waals surface area contributed by atoms with Crippen LogP contribution in [0.25, 0.3) is 0 Å². The van der Waals surface area contributed by atoms with E-state index < -0.39 is 0 Å². The molecule has 0 bridgehead atoms. The molecule has 0 aromatic heterocycles. The van der Waals surface area contributed by atoms with Gasteiger partial charge in [0.2, 0.25) is 0 Å². The molecule has 118 valence electrons. The number of ether oxygens (including phenoxy) is 2. The highest BCUT2D eigenvalue weighted by atomic mass is 16.5. The number of hydrogen-bond donors (Lipinski definition) is 4. The van der Waals surface area contributed by atoms with Gasteiger partial charge in [-0.3, -0.25) is 0 Å². The van der Waals surface area contributed by atoms with Gasteiger partial charge in [0, 0.05) is 36.6 Å². The summed E-state index contributed by atoms with van der Waals surface area (Å²) in [4.78, 5) is 0. The van der Waals surface area contributed by atoms with Crippen LogP contribution in [0, 0.1) is 0 Å². The zero-order valence-corrected chi connectivity index (χ0v) is 12.8. The summed E-state index contributed by atoms with van der Waals surface area (Å²) in [7, 11) is 3.21. The van der Waals surface area contributed by atoms with Gasteiger partial charge in [0.05, 0.1) is 25.6 Å².